The Labute approximate surface area is 241 Å². The number of halogens is 5. The fraction of sp³-hybridized carbons (Fsp3) is 0.964. The third-order valence-corrected chi connectivity index (χ3v) is 9.35. The summed E-state index contributed by atoms with van der Waals surface area (Å²) in [7, 11) is 0. The van der Waals surface area contributed by atoms with Crippen LogP contribution in [0.2, 0.25) is 0 Å². The minimum Gasteiger partial charge on any atom is -0.481 e. The SMILES string of the molecule is CCC(Cl)CCCCCCCCCCCC(CCCC(Cl)CCC(Cl)C(Cl)CCCCCl)C(=O)O. The Morgan fingerprint density at radius 1 is 0.571 bits per heavy atom. The van der Waals surface area contributed by atoms with Crippen LogP contribution in [0.15, 0.2) is 0 Å². The summed E-state index contributed by atoms with van der Waals surface area (Å²) >= 11 is 31.1. The fourth-order valence-electron chi connectivity index (χ4n) is 4.46. The molecule has 0 saturated carbocycles. The molecule has 0 bridgehead atoms. The maximum absolute atomic E-state index is 11.6. The van der Waals surface area contributed by atoms with E-state index < -0.39 is 5.97 Å². The van der Waals surface area contributed by atoms with Gasteiger partial charge < -0.3 is 5.11 Å². The molecule has 0 radical (unpaired) electrons. The van der Waals surface area contributed by atoms with Gasteiger partial charge in [-0.15, -0.1) is 58.0 Å². The van der Waals surface area contributed by atoms with E-state index in [-0.39, 0.29) is 22.0 Å². The zero-order valence-corrected chi connectivity index (χ0v) is 25.8. The number of rotatable bonds is 26. The Balaban J connectivity index is 3.77. The van der Waals surface area contributed by atoms with Crippen molar-refractivity contribution < 1.29 is 9.90 Å². The summed E-state index contributed by atoms with van der Waals surface area (Å²) in [4.78, 5) is 11.6. The zero-order chi connectivity index (χ0) is 26.3. The van der Waals surface area contributed by atoms with Gasteiger partial charge in [0.1, 0.15) is 0 Å². The molecule has 0 heterocycles. The van der Waals surface area contributed by atoms with Crippen LogP contribution < -0.4 is 0 Å². The van der Waals surface area contributed by atoms with E-state index in [4.69, 9.17) is 58.0 Å². The molecule has 0 aliphatic rings. The average molecular weight is 597 g/mol. The van der Waals surface area contributed by atoms with Crippen LogP contribution in [0.1, 0.15) is 135 Å². The van der Waals surface area contributed by atoms with Crippen LogP contribution >= 0.6 is 58.0 Å². The molecule has 0 saturated heterocycles. The molecule has 5 atom stereocenters. The Hall–Kier alpha value is 0.920. The van der Waals surface area contributed by atoms with Crippen molar-refractivity contribution >= 4 is 64.0 Å². The third kappa shape index (κ3) is 22.6. The first kappa shape index (κ1) is 35.9. The van der Waals surface area contributed by atoms with Gasteiger partial charge in [0.25, 0.3) is 0 Å². The van der Waals surface area contributed by atoms with Gasteiger partial charge in [-0.25, -0.2) is 0 Å². The monoisotopic (exact) mass is 594 g/mol. The molecule has 5 unspecified atom stereocenters. The van der Waals surface area contributed by atoms with Crippen LogP contribution in [-0.2, 0) is 4.79 Å². The van der Waals surface area contributed by atoms with Crippen LogP contribution in [0, 0.1) is 5.92 Å². The Morgan fingerprint density at radius 3 is 1.57 bits per heavy atom. The van der Waals surface area contributed by atoms with Gasteiger partial charge >= 0.3 is 5.97 Å². The largest absolute Gasteiger partial charge is 0.481 e. The molecule has 7 heteroatoms. The lowest BCUT2D eigenvalue weighted by Crippen LogP contribution is -2.17. The van der Waals surface area contributed by atoms with E-state index in [1.807, 2.05) is 0 Å². The van der Waals surface area contributed by atoms with Crippen LogP contribution in [0.25, 0.3) is 0 Å². The first-order valence-corrected chi connectivity index (χ1v) is 16.4. The summed E-state index contributed by atoms with van der Waals surface area (Å²) in [6.45, 7) is 2.15. The number of hydrogen-bond acceptors (Lipinski definition) is 1. The standard InChI is InChI=1S/C28H51Cl5O2/c1-2-24(30)17-11-9-7-5-3-4-6-8-10-15-23(28(34)35)16-14-18-25(31)20-21-27(33)26(32)19-12-13-22-29/h23-27H,2-22H2,1H3,(H,34,35). The third-order valence-electron chi connectivity index (χ3n) is 6.94. The second-order valence-corrected chi connectivity index (χ2v) is 12.9. The van der Waals surface area contributed by atoms with E-state index >= 15 is 0 Å². The topological polar surface area (TPSA) is 37.3 Å². The molecule has 210 valence electrons. The van der Waals surface area contributed by atoms with Crippen molar-refractivity contribution in [2.75, 3.05) is 5.88 Å². The molecule has 0 aliphatic carbocycles. The lowest BCUT2D eigenvalue weighted by atomic mass is 9.94. The molecule has 0 aromatic heterocycles. The van der Waals surface area contributed by atoms with Crippen LogP contribution in [-0.4, -0.2) is 38.5 Å². The lowest BCUT2D eigenvalue weighted by Gasteiger charge is -2.18. The maximum Gasteiger partial charge on any atom is 0.306 e. The number of carbonyl (C=O) groups is 1. The molecule has 2 nitrogen and oxygen atoms in total. The number of hydrogen-bond donors (Lipinski definition) is 1. The van der Waals surface area contributed by atoms with Crippen molar-refractivity contribution in [3.05, 3.63) is 0 Å². The summed E-state index contributed by atoms with van der Waals surface area (Å²) in [5.74, 6) is -0.253. The molecule has 0 aromatic rings. The van der Waals surface area contributed by atoms with Gasteiger partial charge in [-0.2, -0.15) is 0 Å². The van der Waals surface area contributed by atoms with Gasteiger partial charge in [-0.1, -0.05) is 77.6 Å². The summed E-state index contributed by atoms with van der Waals surface area (Å²) in [6, 6.07) is 0. The predicted molar refractivity (Wildman–Crippen MR) is 158 cm³/mol. The Morgan fingerprint density at radius 2 is 1.03 bits per heavy atom. The molecule has 0 aromatic carbocycles. The van der Waals surface area contributed by atoms with Gasteiger partial charge in [0, 0.05) is 27.4 Å². The maximum atomic E-state index is 11.6. The minimum atomic E-state index is -0.666. The molecular weight excluding hydrogens is 546 g/mol. The normalized spacial score (nSPS) is 16.1. The predicted octanol–water partition coefficient (Wildman–Crippen LogP) is 11.2. The molecule has 0 aliphatic heterocycles. The van der Waals surface area contributed by atoms with Crippen molar-refractivity contribution in [3.8, 4) is 0 Å². The second kappa shape index (κ2) is 25.2. The molecule has 1 N–H and O–H groups in total. The van der Waals surface area contributed by atoms with E-state index in [9.17, 15) is 9.90 Å². The first-order valence-electron chi connectivity index (χ1n) is 14.2. The van der Waals surface area contributed by atoms with Gasteiger partial charge in [0.05, 0.1) is 5.92 Å². The van der Waals surface area contributed by atoms with Crippen molar-refractivity contribution in [2.24, 2.45) is 5.92 Å². The van der Waals surface area contributed by atoms with Crippen LogP contribution in [0.5, 0.6) is 0 Å². The Kier molecular flexibility index (Phi) is 25.9. The number of carboxylic acids is 1. The van der Waals surface area contributed by atoms with E-state index in [1.165, 1.54) is 44.9 Å². The average Bonchev–Trinajstić information content (AvgIpc) is 2.84. The van der Waals surface area contributed by atoms with Crippen molar-refractivity contribution in [3.63, 3.8) is 0 Å². The smallest absolute Gasteiger partial charge is 0.306 e. The number of carboxylic acid groups (broad SMARTS) is 1. The molecule has 0 amide bonds. The summed E-state index contributed by atoms with van der Waals surface area (Å²) < 4.78 is 0. The number of aliphatic carboxylic acids is 1. The van der Waals surface area contributed by atoms with Crippen molar-refractivity contribution in [1.29, 1.82) is 0 Å². The highest BCUT2D eigenvalue weighted by Crippen LogP contribution is 2.25. The Bertz CT molecular complexity index is 480. The van der Waals surface area contributed by atoms with E-state index in [0.717, 1.165) is 77.0 Å². The highest BCUT2D eigenvalue weighted by Gasteiger charge is 2.20. The van der Waals surface area contributed by atoms with Gasteiger partial charge in [-0.3, -0.25) is 4.79 Å². The fourth-order valence-corrected chi connectivity index (χ4v) is 5.61. The van der Waals surface area contributed by atoms with E-state index in [1.54, 1.807) is 0 Å². The molecule has 0 fully saturated rings. The second-order valence-electron chi connectivity index (χ2n) is 10.1. The lowest BCUT2D eigenvalue weighted by molar-refractivity contribution is -0.142. The zero-order valence-electron chi connectivity index (χ0n) is 22.0. The molecular formula is C28H51Cl5O2. The first-order chi connectivity index (χ1) is 16.8. The molecule has 35 heavy (non-hydrogen) atoms. The number of unbranched alkanes of at least 4 members (excludes halogenated alkanes) is 9. The van der Waals surface area contributed by atoms with Gasteiger partial charge in [0.15, 0.2) is 0 Å². The van der Waals surface area contributed by atoms with Crippen LogP contribution in [0.4, 0.5) is 0 Å². The van der Waals surface area contributed by atoms with E-state index in [0.29, 0.717) is 17.7 Å². The minimum absolute atomic E-state index is 0.0282. The quantitative estimate of drug-likeness (QED) is 0.0796. The van der Waals surface area contributed by atoms with Gasteiger partial charge in [-0.05, 0) is 57.8 Å². The highest BCUT2D eigenvalue weighted by atomic mass is 35.5. The van der Waals surface area contributed by atoms with Gasteiger partial charge in [0.2, 0.25) is 0 Å². The van der Waals surface area contributed by atoms with E-state index in [2.05, 4.69) is 6.92 Å². The highest BCUT2D eigenvalue weighted by molar-refractivity contribution is 6.30. The number of alkyl halides is 5. The van der Waals surface area contributed by atoms with Crippen molar-refractivity contribution in [1.82, 2.24) is 0 Å². The molecule has 0 rings (SSSR count). The van der Waals surface area contributed by atoms with Crippen LogP contribution in [0.3, 0.4) is 0 Å². The summed E-state index contributed by atoms with van der Waals surface area (Å²) in [5, 5.41) is 9.83. The van der Waals surface area contributed by atoms with Crippen molar-refractivity contribution in [2.45, 2.75) is 157 Å². The summed E-state index contributed by atoms with van der Waals surface area (Å²) in [6.07, 6.45) is 20.9. The summed E-state index contributed by atoms with van der Waals surface area (Å²) in [5.41, 5.74) is 0. The molecule has 0 spiro atoms.